The van der Waals surface area contributed by atoms with E-state index in [0.717, 1.165) is 5.69 Å². The van der Waals surface area contributed by atoms with E-state index in [1.165, 1.54) is 0 Å². The van der Waals surface area contributed by atoms with Crippen LogP contribution in [0.2, 0.25) is 0 Å². The number of aryl methyl sites for hydroxylation is 1. The van der Waals surface area contributed by atoms with Gasteiger partial charge in [-0.25, -0.2) is 0 Å². The molecule has 0 aromatic carbocycles. The third-order valence-electron chi connectivity index (χ3n) is 0.611. The fourth-order valence-corrected chi connectivity index (χ4v) is 0.686. The predicted molar refractivity (Wildman–Crippen MR) is 31.1 cm³/mol. The van der Waals surface area contributed by atoms with Crippen molar-refractivity contribution in [1.82, 2.24) is 15.4 Å². The summed E-state index contributed by atoms with van der Waals surface area (Å²) in [7, 11) is 0. The zero-order valence-corrected chi connectivity index (χ0v) is 7.65. The van der Waals surface area contributed by atoms with Gasteiger partial charge >= 0.3 is 0 Å². The van der Waals surface area contributed by atoms with Crippen LogP contribution in [0.25, 0.3) is 0 Å². The van der Waals surface area contributed by atoms with Crippen molar-refractivity contribution in [3.8, 4) is 0 Å². The average molecular weight is 224 g/mol. The zero-order valence-electron chi connectivity index (χ0n) is 4.67. The van der Waals surface area contributed by atoms with Crippen molar-refractivity contribution >= 4 is 15.9 Å². The molecule has 0 saturated carbocycles. The maximum absolute atomic E-state index is 3.59. The molecule has 3 nitrogen and oxygen atoms in total. The summed E-state index contributed by atoms with van der Waals surface area (Å²) in [5.74, 6) is 0. The van der Waals surface area contributed by atoms with Gasteiger partial charge in [0.15, 0.2) is 0 Å². The molecule has 1 aromatic heterocycles. The average Bonchev–Trinajstić information content (AvgIpc) is 1.64. The minimum absolute atomic E-state index is 0. The first-order chi connectivity index (χ1) is 3.79. The molecule has 1 radical (unpaired) electrons. The fourth-order valence-electron chi connectivity index (χ4n) is 0.328. The van der Waals surface area contributed by atoms with Gasteiger partial charge in [-0.1, -0.05) is 22.9 Å². The molecule has 0 bridgehead atoms. The first-order valence-corrected chi connectivity index (χ1v) is 2.83. The van der Waals surface area contributed by atoms with E-state index in [4.69, 9.17) is 0 Å². The summed E-state index contributed by atoms with van der Waals surface area (Å²) < 4.78 is 0.602. The Morgan fingerprint density at radius 3 is 2.44 bits per heavy atom. The number of halogens is 1. The van der Waals surface area contributed by atoms with E-state index >= 15 is 0 Å². The molecule has 0 aliphatic heterocycles. The Balaban J connectivity index is 0.000000640. The molecule has 0 saturated heterocycles. The van der Waals surface area contributed by atoms with E-state index < -0.39 is 0 Å². The molecule has 0 N–H and O–H groups in total. The van der Waals surface area contributed by atoms with Crippen molar-refractivity contribution in [3.05, 3.63) is 16.4 Å². The van der Waals surface area contributed by atoms with Crippen LogP contribution in [0.4, 0.5) is 0 Å². The van der Waals surface area contributed by atoms with Gasteiger partial charge in [-0.05, 0) is 9.82 Å². The van der Waals surface area contributed by atoms with Crippen molar-refractivity contribution < 1.29 is 18.6 Å². The molecule has 0 unspecified atom stereocenters. The largest absolute Gasteiger partial charge is 0.411 e. The second-order valence-electron chi connectivity index (χ2n) is 1.29. The third-order valence-corrected chi connectivity index (χ3v) is 0.968. The summed E-state index contributed by atoms with van der Waals surface area (Å²) in [6.45, 7) is 1.80. The summed E-state index contributed by atoms with van der Waals surface area (Å²) in [5, 5.41) is 10.5. The van der Waals surface area contributed by atoms with Crippen LogP contribution in [0.1, 0.15) is 5.69 Å². The third kappa shape index (κ3) is 2.94. The summed E-state index contributed by atoms with van der Waals surface area (Å²) in [5.41, 5.74) is 0.742. The Kier molecular flexibility index (Phi) is 4.01. The molecule has 0 amide bonds. The molecular weight excluding hydrogens is 221 g/mol. The molecule has 1 heterocycles. The maximum Gasteiger partial charge on any atom is 0 e. The number of aromatic nitrogens is 3. The van der Waals surface area contributed by atoms with Gasteiger partial charge in [0.25, 0.3) is 0 Å². The van der Waals surface area contributed by atoms with Crippen molar-refractivity contribution in [1.29, 1.82) is 0 Å². The summed E-state index contributed by atoms with van der Waals surface area (Å²) >= 11 is 3.09. The van der Waals surface area contributed by atoms with Crippen molar-refractivity contribution in [2.75, 3.05) is 0 Å². The Bertz CT molecular complexity index is 176. The predicted octanol–water partition coefficient (Wildman–Crippen LogP) is 0.740. The molecule has 1 aromatic rings. The smallest absolute Gasteiger partial charge is 0 e. The molecule has 0 fully saturated rings. The van der Waals surface area contributed by atoms with Gasteiger partial charge in [0.1, 0.15) is 0 Å². The Hall–Kier alpha value is 0.0744. The Labute approximate surface area is 73.3 Å². The number of hydrogen-bond donors (Lipinski definition) is 0. The van der Waals surface area contributed by atoms with Crippen molar-refractivity contribution in [2.24, 2.45) is 0 Å². The Morgan fingerprint density at radius 2 is 2.11 bits per heavy atom. The van der Waals surface area contributed by atoms with Crippen LogP contribution >= 0.6 is 15.9 Å². The summed E-state index contributed by atoms with van der Waals surface area (Å²) in [6.07, 6.45) is 0. The maximum atomic E-state index is 3.59. The zero-order chi connectivity index (χ0) is 5.98. The van der Waals surface area contributed by atoms with Gasteiger partial charge in [-0.15, -0.1) is 5.69 Å². The molecule has 5 heteroatoms. The normalized spacial score (nSPS) is 8.22. The van der Waals surface area contributed by atoms with E-state index in [2.05, 4.69) is 37.4 Å². The number of rotatable bonds is 0. The molecule has 0 aliphatic rings. The van der Waals surface area contributed by atoms with Crippen LogP contribution in [-0.4, -0.2) is 15.4 Å². The van der Waals surface area contributed by atoms with E-state index in [-0.39, 0.29) is 18.6 Å². The first kappa shape index (κ1) is 9.07. The van der Waals surface area contributed by atoms with E-state index in [1.54, 1.807) is 6.92 Å². The van der Waals surface area contributed by atoms with E-state index in [9.17, 15) is 0 Å². The van der Waals surface area contributed by atoms with Crippen LogP contribution in [0.5, 0.6) is 0 Å². The quantitative estimate of drug-likeness (QED) is 0.610. The minimum Gasteiger partial charge on any atom is -0.411 e. The topological polar surface area (TPSA) is 38.7 Å². The van der Waals surface area contributed by atoms with Crippen LogP contribution in [-0.2, 0) is 18.6 Å². The monoisotopic (exact) mass is 223 g/mol. The van der Waals surface area contributed by atoms with Gasteiger partial charge < -0.3 is 6.07 Å². The van der Waals surface area contributed by atoms with Crippen LogP contribution in [0.15, 0.2) is 4.60 Å². The summed E-state index contributed by atoms with van der Waals surface area (Å²) in [4.78, 5) is 0. The molecular formula is C4H3BrN3V-. The van der Waals surface area contributed by atoms with Crippen LogP contribution in [0.3, 0.4) is 0 Å². The van der Waals surface area contributed by atoms with Gasteiger partial charge in [0.05, 0.1) is 0 Å². The standard InChI is InChI=1S/C4H3BrN3.V/c1-3-2-4(5)7-8-6-3;/h1H3;/q-1;. The van der Waals surface area contributed by atoms with Gasteiger partial charge in [0, 0.05) is 18.6 Å². The van der Waals surface area contributed by atoms with Gasteiger partial charge in [-0.3, -0.25) is 0 Å². The fraction of sp³-hybridized carbons (Fsp3) is 0.250. The van der Waals surface area contributed by atoms with Crippen LogP contribution in [0, 0.1) is 13.0 Å². The second-order valence-corrected chi connectivity index (χ2v) is 2.04. The molecule has 1 rings (SSSR count). The molecule has 0 spiro atoms. The minimum atomic E-state index is 0. The van der Waals surface area contributed by atoms with Crippen molar-refractivity contribution in [3.63, 3.8) is 0 Å². The SMILES string of the molecule is Cc1[c-]c(Br)nnn1.[V]. The second kappa shape index (κ2) is 3.98. The Morgan fingerprint density at radius 1 is 1.44 bits per heavy atom. The summed E-state index contributed by atoms with van der Waals surface area (Å²) in [6, 6.07) is 2.80. The first-order valence-electron chi connectivity index (χ1n) is 2.04. The number of hydrogen-bond acceptors (Lipinski definition) is 3. The number of nitrogens with zero attached hydrogens (tertiary/aromatic N) is 3. The van der Waals surface area contributed by atoms with E-state index in [0.29, 0.717) is 4.60 Å². The molecule has 9 heavy (non-hydrogen) atoms. The van der Waals surface area contributed by atoms with Gasteiger partial charge in [-0.2, -0.15) is 10.2 Å². The van der Waals surface area contributed by atoms with Crippen molar-refractivity contribution in [2.45, 2.75) is 6.92 Å². The van der Waals surface area contributed by atoms with Crippen LogP contribution < -0.4 is 0 Å². The molecule has 0 aliphatic carbocycles. The molecule has 0 atom stereocenters. The van der Waals surface area contributed by atoms with E-state index in [1.807, 2.05) is 0 Å². The molecule has 47 valence electrons. The van der Waals surface area contributed by atoms with Gasteiger partial charge in [0.2, 0.25) is 0 Å².